The lowest BCUT2D eigenvalue weighted by atomic mass is 9.94. The molecular formula is C18H31. The molecule has 0 spiro atoms. The van der Waals surface area contributed by atoms with Crippen molar-refractivity contribution in [3.63, 3.8) is 0 Å². The monoisotopic (exact) mass is 247 g/mol. The molecule has 0 nitrogen and oxygen atoms in total. The van der Waals surface area contributed by atoms with E-state index in [9.17, 15) is 0 Å². The Balaban J connectivity index is 4.72. The Morgan fingerprint density at radius 1 is 1.17 bits per heavy atom. The molecule has 0 bridgehead atoms. The molecule has 0 saturated carbocycles. The molecule has 1 radical (unpaired) electrons. The Bertz CT molecular complexity index is 291. The van der Waals surface area contributed by atoms with Gasteiger partial charge in [0.25, 0.3) is 0 Å². The molecule has 0 saturated heterocycles. The fourth-order valence-corrected chi connectivity index (χ4v) is 1.79. The van der Waals surface area contributed by atoms with Crippen molar-refractivity contribution >= 4 is 0 Å². The van der Waals surface area contributed by atoms with Gasteiger partial charge in [-0.1, -0.05) is 57.1 Å². The summed E-state index contributed by atoms with van der Waals surface area (Å²) in [5, 5.41) is 0. The number of unbranched alkanes of at least 4 members (excludes halogenated alkanes) is 1. The van der Waals surface area contributed by atoms with Crippen molar-refractivity contribution in [3.05, 3.63) is 42.4 Å². The molecule has 0 fully saturated rings. The standard InChI is InChI=1S/C18H31/c1-7-10-11-17(6)18(14-16(5)9-3)13-12-15(4)8-2/h11,14,16H,4-5,7-10,12-13H2,1-3,6H3/b17-11+,18-14?. The van der Waals surface area contributed by atoms with Crippen LogP contribution in [0, 0.1) is 12.8 Å². The number of allylic oxidation sites excluding steroid dienone is 5. The molecule has 18 heavy (non-hydrogen) atoms. The topological polar surface area (TPSA) is 0 Å². The zero-order valence-corrected chi connectivity index (χ0v) is 12.9. The van der Waals surface area contributed by atoms with Gasteiger partial charge in [0, 0.05) is 0 Å². The molecule has 0 heteroatoms. The van der Waals surface area contributed by atoms with Crippen LogP contribution in [0.5, 0.6) is 0 Å². The van der Waals surface area contributed by atoms with Crippen molar-refractivity contribution in [2.24, 2.45) is 5.92 Å². The van der Waals surface area contributed by atoms with Gasteiger partial charge < -0.3 is 0 Å². The highest BCUT2D eigenvalue weighted by Crippen LogP contribution is 2.22. The third-order valence-corrected chi connectivity index (χ3v) is 3.45. The van der Waals surface area contributed by atoms with Crippen LogP contribution in [-0.2, 0) is 0 Å². The Morgan fingerprint density at radius 3 is 2.33 bits per heavy atom. The van der Waals surface area contributed by atoms with Crippen LogP contribution in [0.4, 0.5) is 0 Å². The minimum absolute atomic E-state index is 0.430. The molecule has 1 atom stereocenters. The van der Waals surface area contributed by atoms with E-state index in [-0.39, 0.29) is 0 Å². The highest BCUT2D eigenvalue weighted by Gasteiger charge is 2.04. The Hall–Kier alpha value is -0.780. The third-order valence-electron chi connectivity index (χ3n) is 3.45. The average Bonchev–Trinajstić information content (AvgIpc) is 2.39. The molecule has 0 heterocycles. The van der Waals surface area contributed by atoms with Gasteiger partial charge in [-0.2, -0.15) is 0 Å². The summed E-state index contributed by atoms with van der Waals surface area (Å²) in [6, 6.07) is 0. The van der Waals surface area contributed by atoms with Gasteiger partial charge >= 0.3 is 0 Å². The normalized spacial score (nSPS) is 14.7. The van der Waals surface area contributed by atoms with E-state index in [2.05, 4.69) is 53.3 Å². The maximum Gasteiger partial charge on any atom is -0.0230 e. The maximum atomic E-state index is 4.18. The highest BCUT2D eigenvalue weighted by molar-refractivity contribution is 5.30. The van der Waals surface area contributed by atoms with E-state index in [0.717, 1.165) is 25.7 Å². The minimum atomic E-state index is 0.430. The van der Waals surface area contributed by atoms with Gasteiger partial charge in [-0.25, -0.2) is 0 Å². The quantitative estimate of drug-likeness (QED) is 0.333. The van der Waals surface area contributed by atoms with Crippen molar-refractivity contribution < 1.29 is 0 Å². The number of hydrogen-bond donors (Lipinski definition) is 0. The third kappa shape index (κ3) is 7.53. The van der Waals surface area contributed by atoms with E-state index >= 15 is 0 Å². The molecule has 0 aromatic heterocycles. The van der Waals surface area contributed by atoms with Crippen LogP contribution in [-0.4, -0.2) is 0 Å². The zero-order valence-electron chi connectivity index (χ0n) is 12.9. The van der Waals surface area contributed by atoms with Crippen molar-refractivity contribution in [2.75, 3.05) is 0 Å². The smallest absolute Gasteiger partial charge is 0.0230 e. The summed E-state index contributed by atoms with van der Waals surface area (Å²) in [6.07, 6.45) is 11.5. The van der Waals surface area contributed by atoms with Gasteiger partial charge in [0.1, 0.15) is 0 Å². The van der Waals surface area contributed by atoms with Gasteiger partial charge in [-0.05, 0) is 57.4 Å². The summed E-state index contributed by atoms with van der Waals surface area (Å²) in [4.78, 5) is 0. The van der Waals surface area contributed by atoms with Crippen molar-refractivity contribution in [3.8, 4) is 0 Å². The Morgan fingerprint density at radius 2 is 1.83 bits per heavy atom. The first-order valence-electron chi connectivity index (χ1n) is 7.42. The van der Waals surface area contributed by atoms with Gasteiger partial charge in [0.2, 0.25) is 0 Å². The lowest BCUT2D eigenvalue weighted by Gasteiger charge is -2.12. The summed E-state index contributed by atoms with van der Waals surface area (Å²) in [7, 11) is 0. The molecule has 0 aliphatic heterocycles. The first kappa shape index (κ1) is 17.2. The molecule has 0 aromatic rings. The second kappa shape index (κ2) is 10.2. The van der Waals surface area contributed by atoms with E-state index in [1.54, 1.807) is 0 Å². The molecule has 0 amide bonds. The summed E-state index contributed by atoms with van der Waals surface area (Å²) < 4.78 is 0. The molecule has 0 aromatic carbocycles. The van der Waals surface area contributed by atoms with E-state index in [0.29, 0.717) is 5.92 Å². The SMILES string of the molecule is [CH2]C(C=C(CCC(=C)CC)/C(C)=C/CCC)CC. The summed E-state index contributed by atoms with van der Waals surface area (Å²) in [5.41, 5.74) is 4.25. The maximum absolute atomic E-state index is 4.18. The fourth-order valence-electron chi connectivity index (χ4n) is 1.79. The van der Waals surface area contributed by atoms with Crippen LogP contribution in [0.3, 0.4) is 0 Å². The summed E-state index contributed by atoms with van der Waals surface area (Å²) >= 11 is 0. The van der Waals surface area contributed by atoms with Gasteiger partial charge in [0.05, 0.1) is 0 Å². The molecule has 1 unspecified atom stereocenters. The first-order chi connectivity index (χ1) is 8.54. The lowest BCUT2D eigenvalue weighted by Crippen LogP contribution is -1.95. The lowest BCUT2D eigenvalue weighted by molar-refractivity contribution is 0.753. The predicted octanol–water partition coefficient (Wildman–Crippen LogP) is 6.27. The molecule has 0 N–H and O–H groups in total. The average molecular weight is 247 g/mol. The highest BCUT2D eigenvalue weighted by atomic mass is 14.1. The molecular weight excluding hydrogens is 216 g/mol. The largest absolute Gasteiger partial charge is 0.0999 e. The Kier molecular flexibility index (Phi) is 9.73. The van der Waals surface area contributed by atoms with E-state index in [1.165, 1.54) is 29.6 Å². The van der Waals surface area contributed by atoms with E-state index < -0.39 is 0 Å². The second-order valence-corrected chi connectivity index (χ2v) is 5.14. The van der Waals surface area contributed by atoms with Gasteiger partial charge in [-0.3, -0.25) is 0 Å². The number of hydrogen-bond acceptors (Lipinski definition) is 0. The predicted molar refractivity (Wildman–Crippen MR) is 84.6 cm³/mol. The van der Waals surface area contributed by atoms with Crippen LogP contribution < -0.4 is 0 Å². The van der Waals surface area contributed by atoms with Crippen molar-refractivity contribution in [1.82, 2.24) is 0 Å². The second-order valence-electron chi connectivity index (χ2n) is 5.14. The molecule has 0 aliphatic carbocycles. The Labute approximate surface area is 115 Å². The van der Waals surface area contributed by atoms with Crippen LogP contribution >= 0.6 is 0 Å². The summed E-state index contributed by atoms with van der Waals surface area (Å²) in [5.74, 6) is 0.430. The molecule has 103 valence electrons. The van der Waals surface area contributed by atoms with E-state index in [1.807, 2.05) is 0 Å². The van der Waals surface area contributed by atoms with Gasteiger partial charge in [0.15, 0.2) is 0 Å². The molecule has 0 aliphatic rings. The fraction of sp³-hybridized carbons (Fsp3) is 0.611. The minimum Gasteiger partial charge on any atom is -0.0999 e. The van der Waals surface area contributed by atoms with Crippen LogP contribution in [0.2, 0.25) is 0 Å². The van der Waals surface area contributed by atoms with Crippen molar-refractivity contribution in [1.29, 1.82) is 0 Å². The first-order valence-corrected chi connectivity index (χ1v) is 7.42. The van der Waals surface area contributed by atoms with Crippen LogP contribution in [0.15, 0.2) is 35.5 Å². The van der Waals surface area contributed by atoms with Crippen LogP contribution in [0.1, 0.15) is 66.2 Å². The summed E-state index contributed by atoms with van der Waals surface area (Å²) in [6.45, 7) is 17.1. The van der Waals surface area contributed by atoms with E-state index in [4.69, 9.17) is 0 Å². The number of rotatable bonds is 9. The van der Waals surface area contributed by atoms with Gasteiger partial charge in [-0.15, -0.1) is 0 Å². The zero-order chi connectivity index (χ0) is 14.0. The molecule has 0 rings (SSSR count). The van der Waals surface area contributed by atoms with Crippen molar-refractivity contribution in [2.45, 2.75) is 66.2 Å². The van der Waals surface area contributed by atoms with Crippen LogP contribution in [0.25, 0.3) is 0 Å².